The summed E-state index contributed by atoms with van der Waals surface area (Å²) in [5.74, 6) is 0.890. The summed E-state index contributed by atoms with van der Waals surface area (Å²) in [5.41, 5.74) is 6.81. The number of hydrogen-bond donors (Lipinski definition) is 1. The second-order valence-corrected chi connectivity index (χ2v) is 4.09. The first-order valence-electron chi connectivity index (χ1n) is 5.27. The van der Waals surface area contributed by atoms with Crippen molar-refractivity contribution in [3.8, 4) is 0 Å². The molecule has 2 rings (SSSR count). The van der Waals surface area contributed by atoms with Gasteiger partial charge in [-0.25, -0.2) is 4.39 Å². The Bertz CT molecular complexity index is 307. The van der Waals surface area contributed by atoms with Crippen LogP contribution in [0.2, 0.25) is 0 Å². The summed E-state index contributed by atoms with van der Waals surface area (Å²) in [6.07, 6.45) is 3.80. The van der Waals surface area contributed by atoms with Crippen molar-refractivity contribution in [2.24, 2.45) is 11.7 Å². The van der Waals surface area contributed by atoms with E-state index in [0.29, 0.717) is 18.4 Å². The van der Waals surface area contributed by atoms with Crippen LogP contribution in [0.25, 0.3) is 0 Å². The first-order chi connectivity index (χ1) is 6.81. The minimum Gasteiger partial charge on any atom is -0.330 e. The summed E-state index contributed by atoms with van der Waals surface area (Å²) in [6.45, 7) is 0.633. The van der Waals surface area contributed by atoms with Crippen LogP contribution in [0.15, 0.2) is 24.3 Å². The van der Waals surface area contributed by atoms with E-state index in [1.54, 1.807) is 12.1 Å². The zero-order valence-corrected chi connectivity index (χ0v) is 8.25. The van der Waals surface area contributed by atoms with Gasteiger partial charge in [0.1, 0.15) is 5.82 Å². The number of hydrogen-bond acceptors (Lipinski definition) is 1. The van der Waals surface area contributed by atoms with Gasteiger partial charge in [-0.2, -0.15) is 0 Å². The Morgan fingerprint density at radius 1 is 1.43 bits per heavy atom. The lowest BCUT2D eigenvalue weighted by atomic mass is 9.73. The maximum absolute atomic E-state index is 13.0. The van der Waals surface area contributed by atoms with Gasteiger partial charge in [-0.15, -0.1) is 0 Å². The third kappa shape index (κ3) is 1.80. The molecule has 2 N–H and O–H groups in total. The third-order valence-corrected chi connectivity index (χ3v) is 3.25. The first kappa shape index (κ1) is 9.66. The smallest absolute Gasteiger partial charge is 0.123 e. The van der Waals surface area contributed by atoms with Crippen LogP contribution in [0.5, 0.6) is 0 Å². The van der Waals surface area contributed by atoms with Crippen molar-refractivity contribution < 1.29 is 4.39 Å². The van der Waals surface area contributed by atoms with Crippen molar-refractivity contribution in [1.29, 1.82) is 0 Å². The zero-order chi connectivity index (χ0) is 9.97. The predicted molar refractivity (Wildman–Crippen MR) is 55.5 cm³/mol. The topological polar surface area (TPSA) is 26.0 Å². The molecule has 0 aliphatic heterocycles. The van der Waals surface area contributed by atoms with Crippen molar-refractivity contribution in [1.82, 2.24) is 0 Å². The van der Waals surface area contributed by atoms with E-state index in [1.165, 1.54) is 25.3 Å². The average Bonchev–Trinajstić information content (AvgIpc) is 2.10. The van der Waals surface area contributed by atoms with Gasteiger partial charge in [0.05, 0.1) is 0 Å². The van der Waals surface area contributed by atoms with Gasteiger partial charge in [-0.05, 0) is 48.9 Å². The summed E-state index contributed by atoms with van der Waals surface area (Å²) in [5, 5.41) is 0. The zero-order valence-electron chi connectivity index (χ0n) is 8.25. The van der Waals surface area contributed by atoms with Crippen LogP contribution in [-0.2, 0) is 0 Å². The molecule has 1 aliphatic carbocycles. The maximum Gasteiger partial charge on any atom is 0.123 e. The number of nitrogens with two attached hydrogens (primary N) is 1. The Hall–Kier alpha value is -0.890. The van der Waals surface area contributed by atoms with E-state index in [0.717, 1.165) is 5.56 Å². The van der Waals surface area contributed by atoms with Crippen LogP contribution in [0.1, 0.15) is 30.7 Å². The largest absolute Gasteiger partial charge is 0.330 e. The normalized spacial score (nSPS) is 19.0. The Kier molecular flexibility index (Phi) is 2.82. The molecule has 0 aromatic heterocycles. The molecule has 1 unspecified atom stereocenters. The van der Waals surface area contributed by atoms with Crippen molar-refractivity contribution in [3.63, 3.8) is 0 Å². The predicted octanol–water partition coefficient (Wildman–Crippen LogP) is 2.67. The molecule has 14 heavy (non-hydrogen) atoms. The van der Waals surface area contributed by atoms with E-state index in [1.807, 2.05) is 6.07 Å². The highest BCUT2D eigenvalue weighted by atomic mass is 19.1. The Morgan fingerprint density at radius 3 is 2.71 bits per heavy atom. The second kappa shape index (κ2) is 4.09. The van der Waals surface area contributed by atoms with E-state index >= 15 is 0 Å². The van der Waals surface area contributed by atoms with Gasteiger partial charge in [0, 0.05) is 0 Å². The van der Waals surface area contributed by atoms with Crippen molar-refractivity contribution >= 4 is 0 Å². The van der Waals surface area contributed by atoms with Crippen molar-refractivity contribution in [2.75, 3.05) is 6.54 Å². The SMILES string of the molecule is NCC(c1cccc(F)c1)C1CCC1. The third-order valence-electron chi connectivity index (χ3n) is 3.25. The van der Waals surface area contributed by atoms with E-state index < -0.39 is 0 Å². The van der Waals surface area contributed by atoms with E-state index in [4.69, 9.17) is 5.73 Å². The second-order valence-electron chi connectivity index (χ2n) is 4.09. The molecule has 0 spiro atoms. The fourth-order valence-corrected chi connectivity index (χ4v) is 2.18. The molecule has 0 amide bonds. The Labute approximate surface area is 84.1 Å². The summed E-state index contributed by atoms with van der Waals surface area (Å²) < 4.78 is 13.0. The molecule has 76 valence electrons. The molecule has 0 saturated heterocycles. The van der Waals surface area contributed by atoms with Gasteiger partial charge in [0.2, 0.25) is 0 Å². The molecule has 0 heterocycles. The molecule has 1 aromatic rings. The molecule has 0 radical (unpaired) electrons. The van der Waals surface area contributed by atoms with Gasteiger partial charge in [-0.3, -0.25) is 0 Å². The minimum absolute atomic E-state index is 0.153. The van der Waals surface area contributed by atoms with Crippen LogP contribution in [0.3, 0.4) is 0 Å². The lowest BCUT2D eigenvalue weighted by Crippen LogP contribution is -2.26. The summed E-state index contributed by atoms with van der Waals surface area (Å²) in [4.78, 5) is 0. The fraction of sp³-hybridized carbons (Fsp3) is 0.500. The molecule has 1 atom stereocenters. The van der Waals surface area contributed by atoms with Crippen LogP contribution in [0, 0.1) is 11.7 Å². The summed E-state index contributed by atoms with van der Waals surface area (Å²) in [7, 11) is 0. The molecule has 0 bridgehead atoms. The fourth-order valence-electron chi connectivity index (χ4n) is 2.18. The molecule has 1 nitrogen and oxygen atoms in total. The van der Waals surface area contributed by atoms with E-state index in [2.05, 4.69) is 0 Å². The van der Waals surface area contributed by atoms with Gasteiger partial charge in [0.15, 0.2) is 0 Å². The van der Waals surface area contributed by atoms with Crippen LogP contribution in [0.4, 0.5) is 4.39 Å². The monoisotopic (exact) mass is 193 g/mol. The standard InChI is InChI=1S/C12H16FN/c13-11-6-2-5-10(7-11)12(8-14)9-3-1-4-9/h2,5-7,9,12H,1,3-4,8,14H2. The van der Waals surface area contributed by atoms with E-state index in [-0.39, 0.29) is 5.82 Å². The van der Waals surface area contributed by atoms with Crippen LogP contribution in [-0.4, -0.2) is 6.54 Å². The lowest BCUT2D eigenvalue weighted by Gasteiger charge is -2.33. The highest BCUT2D eigenvalue weighted by Crippen LogP contribution is 2.38. The molecule has 1 aromatic carbocycles. The average molecular weight is 193 g/mol. The first-order valence-corrected chi connectivity index (χ1v) is 5.27. The minimum atomic E-state index is -0.153. The van der Waals surface area contributed by atoms with Gasteiger partial charge in [-0.1, -0.05) is 18.6 Å². The number of benzene rings is 1. The van der Waals surface area contributed by atoms with E-state index in [9.17, 15) is 4.39 Å². The Balaban J connectivity index is 2.17. The molecule has 1 fully saturated rings. The Morgan fingerprint density at radius 2 is 2.21 bits per heavy atom. The number of rotatable bonds is 3. The van der Waals surface area contributed by atoms with Gasteiger partial charge < -0.3 is 5.73 Å². The molecule has 1 aliphatic rings. The van der Waals surface area contributed by atoms with Crippen LogP contribution >= 0.6 is 0 Å². The van der Waals surface area contributed by atoms with Crippen LogP contribution < -0.4 is 5.73 Å². The quantitative estimate of drug-likeness (QED) is 0.784. The molecule has 1 saturated carbocycles. The van der Waals surface area contributed by atoms with Crippen molar-refractivity contribution in [2.45, 2.75) is 25.2 Å². The highest BCUT2D eigenvalue weighted by molar-refractivity contribution is 5.22. The lowest BCUT2D eigenvalue weighted by molar-refractivity contribution is 0.263. The molecule has 2 heteroatoms. The van der Waals surface area contributed by atoms with Gasteiger partial charge in [0.25, 0.3) is 0 Å². The summed E-state index contributed by atoms with van der Waals surface area (Å²) >= 11 is 0. The number of halogens is 1. The van der Waals surface area contributed by atoms with Crippen molar-refractivity contribution in [3.05, 3.63) is 35.6 Å². The maximum atomic E-state index is 13.0. The highest BCUT2D eigenvalue weighted by Gasteiger charge is 2.27. The molecular weight excluding hydrogens is 177 g/mol. The molecular formula is C12H16FN. The summed E-state index contributed by atoms with van der Waals surface area (Å²) in [6, 6.07) is 6.86. The van der Waals surface area contributed by atoms with Gasteiger partial charge >= 0.3 is 0 Å².